The Kier molecular flexibility index (Phi) is 6.58. The highest BCUT2D eigenvalue weighted by atomic mass is 19.3. The van der Waals surface area contributed by atoms with Gasteiger partial charge >= 0.3 is 0 Å². The molecule has 174 valence electrons. The number of nitrogens with one attached hydrogen (secondary N) is 3. The van der Waals surface area contributed by atoms with Gasteiger partial charge in [0.1, 0.15) is 11.6 Å². The van der Waals surface area contributed by atoms with Crippen molar-refractivity contribution >= 4 is 34.1 Å². The van der Waals surface area contributed by atoms with Crippen LogP contribution < -0.4 is 16.0 Å². The number of hydrogen-bond donors (Lipinski definition) is 3. The van der Waals surface area contributed by atoms with Crippen LogP contribution >= 0.6 is 0 Å². The lowest BCUT2D eigenvalue weighted by atomic mass is 10.0. The van der Waals surface area contributed by atoms with Crippen molar-refractivity contribution in [1.82, 2.24) is 19.9 Å². The van der Waals surface area contributed by atoms with Crippen molar-refractivity contribution in [3.8, 4) is 11.1 Å². The van der Waals surface area contributed by atoms with Gasteiger partial charge in [0.05, 0.1) is 29.0 Å². The molecular formula is C24H23F2N7O. The van der Waals surface area contributed by atoms with E-state index in [1.54, 1.807) is 31.6 Å². The standard InChI is InChI=1S/C24H23F2N7O/c1-13-19(15-7-16-11-31-21(27-3)9-20(16)30-10-15)8-17(12-29-13)33-24(34)18-5-4-6-28-23(18)32-14(2)22(25)26/h4-12,14,22H,1-3H3,(H,27,31)(H,28,32)(H,33,34). The third-order valence-corrected chi connectivity index (χ3v) is 5.27. The summed E-state index contributed by atoms with van der Waals surface area (Å²) in [4.78, 5) is 30.2. The maximum atomic E-state index is 13.0. The van der Waals surface area contributed by atoms with Crippen LogP contribution in [0.25, 0.3) is 22.0 Å². The largest absolute Gasteiger partial charge is 0.373 e. The molecule has 4 aromatic heterocycles. The summed E-state index contributed by atoms with van der Waals surface area (Å²) in [6, 6.07) is 7.54. The third-order valence-electron chi connectivity index (χ3n) is 5.27. The minimum atomic E-state index is -2.60. The zero-order valence-corrected chi connectivity index (χ0v) is 18.8. The minimum absolute atomic E-state index is 0.0836. The smallest absolute Gasteiger partial charge is 0.259 e. The van der Waals surface area contributed by atoms with E-state index in [4.69, 9.17) is 0 Å². The maximum absolute atomic E-state index is 13.0. The fourth-order valence-electron chi connectivity index (χ4n) is 3.38. The molecule has 0 saturated carbocycles. The number of aromatic nitrogens is 4. The average molecular weight is 463 g/mol. The van der Waals surface area contributed by atoms with E-state index in [0.717, 1.165) is 33.5 Å². The summed E-state index contributed by atoms with van der Waals surface area (Å²) in [7, 11) is 1.79. The topological polar surface area (TPSA) is 105 Å². The first kappa shape index (κ1) is 23.0. The van der Waals surface area contributed by atoms with Crippen LogP contribution in [0.1, 0.15) is 23.0 Å². The van der Waals surface area contributed by atoms with Crippen molar-refractivity contribution in [3.05, 3.63) is 66.4 Å². The number of carbonyl (C=O) groups excluding carboxylic acids is 1. The molecule has 34 heavy (non-hydrogen) atoms. The number of hydrogen-bond acceptors (Lipinski definition) is 7. The fourth-order valence-corrected chi connectivity index (χ4v) is 3.38. The molecule has 0 spiro atoms. The highest BCUT2D eigenvalue weighted by Crippen LogP contribution is 2.28. The Morgan fingerprint density at radius 3 is 2.62 bits per heavy atom. The molecule has 4 heterocycles. The van der Waals surface area contributed by atoms with Gasteiger partial charge in [-0.2, -0.15) is 0 Å². The van der Waals surface area contributed by atoms with Gasteiger partial charge in [-0.05, 0) is 38.1 Å². The molecule has 10 heteroatoms. The number of pyridine rings is 4. The Hall–Kier alpha value is -4.21. The molecule has 3 N–H and O–H groups in total. The van der Waals surface area contributed by atoms with Crippen molar-refractivity contribution in [3.63, 3.8) is 0 Å². The molecule has 0 aliphatic carbocycles. The quantitative estimate of drug-likeness (QED) is 0.363. The van der Waals surface area contributed by atoms with Crippen molar-refractivity contribution in [1.29, 1.82) is 0 Å². The summed E-state index contributed by atoms with van der Waals surface area (Å²) in [6.07, 6.45) is 3.86. The van der Waals surface area contributed by atoms with E-state index >= 15 is 0 Å². The second kappa shape index (κ2) is 9.74. The molecule has 0 aromatic carbocycles. The first-order valence-electron chi connectivity index (χ1n) is 10.6. The van der Waals surface area contributed by atoms with Crippen molar-refractivity contribution < 1.29 is 13.6 Å². The number of fused-ring (bicyclic) bond motifs is 1. The Labute approximate surface area is 194 Å². The van der Waals surface area contributed by atoms with Gasteiger partial charge in [0, 0.05) is 53.9 Å². The predicted octanol–water partition coefficient (Wildman–Crippen LogP) is 4.75. The van der Waals surface area contributed by atoms with Crippen LogP contribution in [0.15, 0.2) is 55.1 Å². The Morgan fingerprint density at radius 1 is 1.03 bits per heavy atom. The van der Waals surface area contributed by atoms with Crippen LogP contribution in [0.4, 0.5) is 26.1 Å². The Balaban J connectivity index is 1.61. The molecule has 0 fully saturated rings. The molecular weight excluding hydrogens is 440 g/mol. The minimum Gasteiger partial charge on any atom is -0.373 e. The lowest BCUT2D eigenvalue weighted by Crippen LogP contribution is -2.26. The molecule has 1 unspecified atom stereocenters. The fraction of sp³-hybridized carbons (Fsp3) is 0.208. The van der Waals surface area contributed by atoms with E-state index in [2.05, 4.69) is 35.9 Å². The maximum Gasteiger partial charge on any atom is 0.259 e. The zero-order chi connectivity index (χ0) is 24.2. The summed E-state index contributed by atoms with van der Waals surface area (Å²) < 4.78 is 25.9. The molecule has 0 aliphatic heterocycles. The van der Waals surface area contributed by atoms with Gasteiger partial charge in [-0.3, -0.25) is 14.8 Å². The van der Waals surface area contributed by atoms with E-state index < -0.39 is 18.4 Å². The van der Waals surface area contributed by atoms with Gasteiger partial charge < -0.3 is 16.0 Å². The second-order valence-corrected chi connectivity index (χ2v) is 7.71. The third kappa shape index (κ3) is 4.90. The number of carbonyl (C=O) groups is 1. The molecule has 1 amide bonds. The number of nitrogens with zero attached hydrogens (tertiary/aromatic N) is 4. The lowest BCUT2D eigenvalue weighted by Gasteiger charge is -2.16. The van der Waals surface area contributed by atoms with Crippen LogP contribution in [-0.2, 0) is 0 Å². The summed E-state index contributed by atoms with van der Waals surface area (Å²) in [5.74, 6) is 0.317. The number of amides is 1. The van der Waals surface area contributed by atoms with Gasteiger partial charge in [0.15, 0.2) is 0 Å². The molecule has 0 bridgehead atoms. The van der Waals surface area contributed by atoms with Crippen molar-refractivity contribution in [2.75, 3.05) is 23.0 Å². The number of anilines is 3. The average Bonchev–Trinajstić information content (AvgIpc) is 2.84. The number of halogens is 2. The molecule has 0 aliphatic rings. The molecule has 0 radical (unpaired) electrons. The van der Waals surface area contributed by atoms with E-state index in [1.807, 2.05) is 19.1 Å². The van der Waals surface area contributed by atoms with Gasteiger partial charge in [-0.25, -0.2) is 18.7 Å². The molecule has 0 saturated heterocycles. The summed E-state index contributed by atoms with van der Waals surface area (Å²) in [5.41, 5.74) is 3.77. The Bertz CT molecular complexity index is 1350. The molecule has 4 aromatic rings. The normalized spacial score (nSPS) is 11.9. The molecule has 8 nitrogen and oxygen atoms in total. The first-order chi connectivity index (χ1) is 16.4. The van der Waals surface area contributed by atoms with Gasteiger partial charge in [0.2, 0.25) is 0 Å². The highest BCUT2D eigenvalue weighted by molar-refractivity contribution is 6.07. The number of alkyl halides is 2. The number of rotatable bonds is 7. The van der Waals surface area contributed by atoms with Crippen molar-refractivity contribution in [2.24, 2.45) is 0 Å². The summed E-state index contributed by atoms with van der Waals surface area (Å²) in [6.45, 7) is 3.19. The second-order valence-electron chi connectivity index (χ2n) is 7.71. The van der Waals surface area contributed by atoms with E-state index in [0.29, 0.717) is 5.69 Å². The molecule has 4 rings (SSSR count). The first-order valence-corrected chi connectivity index (χ1v) is 10.6. The number of aryl methyl sites for hydroxylation is 1. The predicted molar refractivity (Wildman–Crippen MR) is 128 cm³/mol. The van der Waals surface area contributed by atoms with E-state index in [9.17, 15) is 13.6 Å². The van der Waals surface area contributed by atoms with Crippen LogP contribution in [0.3, 0.4) is 0 Å². The lowest BCUT2D eigenvalue weighted by molar-refractivity contribution is 0.102. The van der Waals surface area contributed by atoms with Crippen molar-refractivity contribution in [2.45, 2.75) is 26.3 Å². The van der Waals surface area contributed by atoms with Crippen LogP contribution in [0, 0.1) is 6.92 Å². The van der Waals surface area contributed by atoms with Gasteiger partial charge in [0.25, 0.3) is 12.3 Å². The van der Waals surface area contributed by atoms with E-state index in [-0.39, 0.29) is 11.4 Å². The van der Waals surface area contributed by atoms with Crippen LogP contribution in [0.2, 0.25) is 0 Å². The van der Waals surface area contributed by atoms with Gasteiger partial charge in [-0.15, -0.1) is 0 Å². The van der Waals surface area contributed by atoms with E-state index in [1.165, 1.54) is 25.4 Å². The molecule has 1 atom stereocenters. The van der Waals surface area contributed by atoms with Crippen LogP contribution in [-0.4, -0.2) is 45.4 Å². The van der Waals surface area contributed by atoms with Crippen LogP contribution in [0.5, 0.6) is 0 Å². The zero-order valence-electron chi connectivity index (χ0n) is 18.8. The summed E-state index contributed by atoms with van der Waals surface area (Å²) in [5, 5.41) is 9.22. The van der Waals surface area contributed by atoms with Gasteiger partial charge in [-0.1, -0.05) is 0 Å². The monoisotopic (exact) mass is 463 g/mol. The SMILES string of the molecule is CNc1cc2ncc(-c3cc(NC(=O)c4cccnc4NC(C)C(F)F)cnc3C)cc2cn1. The highest BCUT2D eigenvalue weighted by Gasteiger charge is 2.19. The summed E-state index contributed by atoms with van der Waals surface area (Å²) >= 11 is 0. The Morgan fingerprint density at radius 2 is 1.85 bits per heavy atom.